The van der Waals surface area contributed by atoms with Crippen LogP contribution in [-0.4, -0.2) is 31.5 Å². The molecule has 0 bridgehead atoms. The molecule has 1 aromatic carbocycles. The molecule has 1 aromatic heterocycles. The van der Waals surface area contributed by atoms with E-state index in [-0.39, 0.29) is 10.0 Å². The number of nitrogens with zero attached hydrogens (tertiary/aromatic N) is 2. The highest BCUT2D eigenvalue weighted by Crippen LogP contribution is 2.30. The molecule has 2 rings (SSSR count). The molecule has 2 aromatic rings. The van der Waals surface area contributed by atoms with E-state index in [1.807, 2.05) is 6.92 Å². The SMILES string of the molecule is CCSc1nnc(NS(=O)(=O)c2c(C)cc(OC)cc2C)s1. The molecule has 0 unspecified atom stereocenters. The monoisotopic (exact) mass is 359 g/mol. The minimum absolute atomic E-state index is 0.244. The number of rotatable bonds is 6. The Kier molecular flexibility index (Phi) is 5.30. The predicted molar refractivity (Wildman–Crippen MR) is 89.6 cm³/mol. The van der Waals surface area contributed by atoms with E-state index in [2.05, 4.69) is 14.9 Å². The highest BCUT2D eigenvalue weighted by molar-refractivity contribution is 8.01. The topological polar surface area (TPSA) is 81.2 Å². The third kappa shape index (κ3) is 3.71. The van der Waals surface area contributed by atoms with Gasteiger partial charge in [0.1, 0.15) is 5.75 Å². The van der Waals surface area contributed by atoms with Crippen molar-refractivity contribution >= 4 is 38.3 Å². The lowest BCUT2D eigenvalue weighted by molar-refractivity contribution is 0.413. The number of nitrogens with one attached hydrogen (secondary N) is 1. The third-order valence-corrected chi connectivity index (χ3v) is 6.46. The van der Waals surface area contributed by atoms with E-state index in [1.54, 1.807) is 33.1 Å². The molecular formula is C13H17N3O3S3. The van der Waals surface area contributed by atoms with Crippen LogP contribution in [0.2, 0.25) is 0 Å². The standard InChI is InChI=1S/C13H17N3O3S3/c1-5-20-13-15-14-12(21-13)16-22(17,18)11-8(2)6-10(19-4)7-9(11)3/h6-7H,5H2,1-4H3,(H,14,16). The zero-order valence-electron chi connectivity index (χ0n) is 12.7. The van der Waals surface area contributed by atoms with E-state index in [0.29, 0.717) is 16.9 Å². The zero-order valence-corrected chi connectivity index (χ0v) is 15.2. The summed E-state index contributed by atoms with van der Waals surface area (Å²) < 4.78 is 33.6. The average molecular weight is 359 g/mol. The molecule has 0 aliphatic carbocycles. The fraction of sp³-hybridized carbons (Fsp3) is 0.385. The lowest BCUT2D eigenvalue weighted by atomic mass is 10.1. The summed E-state index contributed by atoms with van der Waals surface area (Å²) in [4.78, 5) is 0.244. The normalized spacial score (nSPS) is 11.5. The van der Waals surface area contributed by atoms with Gasteiger partial charge in [0.05, 0.1) is 12.0 Å². The van der Waals surface area contributed by atoms with Gasteiger partial charge in [0.15, 0.2) is 4.34 Å². The summed E-state index contributed by atoms with van der Waals surface area (Å²) >= 11 is 2.75. The van der Waals surface area contributed by atoms with E-state index in [9.17, 15) is 8.42 Å². The Morgan fingerprint density at radius 2 is 1.91 bits per heavy atom. The summed E-state index contributed by atoms with van der Waals surface area (Å²) in [5.74, 6) is 1.49. The summed E-state index contributed by atoms with van der Waals surface area (Å²) in [6.07, 6.45) is 0. The molecule has 0 saturated carbocycles. The molecule has 0 atom stereocenters. The third-order valence-electron chi connectivity index (χ3n) is 2.83. The van der Waals surface area contributed by atoms with Crippen molar-refractivity contribution in [2.24, 2.45) is 0 Å². The molecular weight excluding hydrogens is 342 g/mol. The number of benzene rings is 1. The Balaban J connectivity index is 2.34. The number of anilines is 1. The van der Waals surface area contributed by atoms with Crippen LogP contribution < -0.4 is 9.46 Å². The molecule has 9 heteroatoms. The number of hydrogen-bond acceptors (Lipinski definition) is 7. The number of aromatic nitrogens is 2. The van der Waals surface area contributed by atoms with Crippen LogP contribution in [0, 0.1) is 13.8 Å². The van der Waals surface area contributed by atoms with Crippen molar-refractivity contribution in [3.8, 4) is 5.75 Å². The van der Waals surface area contributed by atoms with E-state index in [4.69, 9.17) is 4.74 Å². The van der Waals surface area contributed by atoms with Crippen LogP contribution in [0.5, 0.6) is 5.75 Å². The molecule has 0 fully saturated rings. The molecule has 0 aliphatic heterocycles. The number of hydrogen-bond donors (Lipinski definition) is 1. The van der Waals surface area contributed by atoms with Crippen LogP contribution in [0.1, 0.15) is 18.1 Å². The van der Waals surface area contributed by atoms with E-state index in [0.717, 1.165) is 10.1 Å². The quantitative estimate of drug-likeness (QED) is 0.798. The van der Waals surface area contributed by atoms with Gasteiger partial charge in [-0.15, -0.1) is 10.2 Å². The van der Waals surface area contributed by atoms with Crippen molar-refractivity contribution in [1.29, 1.82) is 0 Å². The maximum Gasteiger partial charge on any atom is 0.264 e. The smallest absolute Gasteiger partial charge is 0.264 e. The average Bonchev–Trinajstić information content (AvgIpc) is 2.84. The number of thioether (sulfide) groups is 1. The van der Waals surface area contributed by atoms with Gasteiger partial charge in [-0.3, -0.25) is 4.72 Å². The van der Waals surface area contributed by atoms with Gasteiger partial charge in [-0.1, -0.05) is 30.0 Å². The molecule has 0 radical (unpaired) electrons. The minimum Gasteiger partial charge on any atom is -0.497 e. The van der Waals surface area contributed by atoms with Crippen LogP contribution in [0.15, 0.2) is 21.4 Å². The molecule has 0 spiro atoms. The first-order valence-corrected chi connectivity index (χ1v) is 9.80. The van der Waals surface area contributed by atoms with Crippen LogP contribution in [0.25, 0.3) is 0 Å². The molecule has 120 valence electrons. The van der Waals surface area contributed by atoms with Crippen LogP contribution >= 0.6 is 23.1 Å². The zero-order chi connectivity index (χ0) is 16.3. The van der Waals surface area contributed by atoms with Crippen molar-refractivity contribution in [1.82, 2.24) is 10.2 Å². The summed E-state index contributed by atoms with van der Waals surface area (Å²) in [5, 5.41) is 8.08. The van der Waals surface area contributed by atoms with E-state index in [1.165, 1.54) is 23.1 Å². The molecule has 1 heterocycles. The Hall–Kier alpha value is -1.32. The van der Waals surface area contributed by atoms with Crippen LogP contribution in [-0.2, 0) is 10.0 Å². The number of sulfonamides is 1. The predicted octanol–water partition coefficient (Wildman–Crippen LogP) is 3.08. The first-order chi connectivity index (χ1) is 10.4. The fourth-order valence-corrected chi connectivity index (χ4v) is 5.39. The van der Waals surface area contributed by atoms with Gasteiger partial charge >= 0.3 is 0 Å². The summed E-state index contributed by atoms with van der Waals surface area (Å²) in [6.45, 7) is 5.48. The van der Waals surface area contributed by atoms with Crippen molar-refractivity contribution in [3.05, 3.63) is 23.3 Å². The molecule has 22 heavy (non-hydrogen) atoms. The first kappa shape index (κ1) is 17.0. The summed E-state index contributed by atoms with van der Waals surface area (Å²) in [6, 6.07) is 3.39. The number of aryl methyl sites for hydroxylation is 2. The first-order valence-electron chi connectivity index (χ1n) is 6.51. The van der Waals surface area contributed by atoms with Crippen LogP contribution in [0.4, 0.5) is 5.13 Å². The molecule has 0 saturated heterocycles. The number of methoxy groups -OCH3 is 1. The van der Waals surface area contributed by atoms with Gasteiger partial charge in [-0.2, -0.15) is 0 Å². The maximum atomic E-state index is 12.6. The second-order valence-electron chi connectivity index (χ2n) is 4.50. The van der Waals surface area contributed by atoms with Crippen molar-refractivity contribution in [2.75, 3.05) is 17.6 Å². The van der Waals surface area contributed by atoms with Crippen molar-refractivity contribution in [3.63, 3.8) is 0 Å². The minimum atomic E-state index is -3.71. The summed E-state index contributed by atoms with van der Waals surface area (Å²) in [7, 11) is -2.16. The fourth-order valence-electron chi connectivity index (χ4n) is 2.05. The van der Waals surface area contributed by atoms with Gasteiger partial charge < -0.3 is 4.74 Å². The Bertz CT molecular complexity index is 749. The molecule has 0 amide bonds. The van der Waals surface area contributed by atoms with Crippen molar-refractivity contribution in [2.45, 2.75) is 30.0 Å². The van der Waals surface area contributed by atoms with Gasteiger partial charge in [-0.25, -0.2) is 8.42 Å². The molecule has 6 nitrogen and oxygen atoms in total. The second kappa shape index (κ2) is 6.84. The summed E-state index contributed by atoms with van der Waals surface area (Å²) in [5.41, 5.74) is 1.24. The second-order valence-corrected chi connectivity index (χ2v) is 8.61. The Labute approximate surface area is 138 Å². The van der Waals surface area contributed by atoms with E-state index < -0.39 is 10.0 Å². The maximum absolute atomic E-state index is 12.6. The Morgan fingerprint density at radius 1 is 1.27 bits per heavy atom. The van der Waals surface area contributed by atoms with Gasteiger partial charge in [0.25, 0.3) is 10.0 Å². The lowest BCUT2D eigenvalue weighted by Crippen LogP contribution is -2.15. The van der Waals surface area contributed by atoms with Gasteiger partial charge in [0, 0.05) is 0 Å². The van der Waals surface area contributed by atoms with Crippen molar-refractivity contribution < 1.29 is 13.2 Å². The van der Waals surface area contributed by atoms with E-state index >= 15 is 0 Å². The van der Waals surface area contributed by atoms with Gasteiger partial charge in [0.2, 0.25) is 5.13 Å². The highest BCUT2D eigenvalue weighted by atomic mass is 32.2. The molecule has 1 N–H and O–H groups in total. The Morgan fingerprint density at radius 3 is 2.45 bits per heavy atom. The largest absolute Gasteiger partial charge is 0.497 e. The highest BCUT2D eigenvalue weighted by Gasteiger charge is 2.22. The molecule has 0 aliphatic rings. The lowest BCUT2D eigenvalue weighted by Gasteiger charge is -2.12. The van der Waals surface area contributed by atoms with Crippen LogP contribution in [0.3, 0.4) is 0 Å². The number of ether oxygens (including phenoxy) is 1. The van der Waals surface area contributed by atoms with Gasteiger partial charge in [-0.05, 0) is 42.9 Å².